The minimum atomic E-state index is -1.43. The number of hydrogen-bond donors (Lipinski definition) is 0. The average Bonchev–Trinajstić information content (AvgIpc) is 3.51. The number of carbonyl (C=O) groups is 1. The predicted molar refractivity (Wildman–Crippen MR) is 309 cm³/mol. The van der Waals surface area contributed by atoms with E-state index in [4.69, 9.17) is 45.5 Å². The van der Waals surface area contributed by atoms with Crippen molar-refractivity contribution in [3.8, 4) is 0 Å². The molecule has 10 nitrogen and oxygen atoms in total. The van der Waals surface area contributed by atoms with Crippen LogP contribution in [0.25, 0.3) is 0 Å². The second kappa shape index (κ2) is 40.3. The Hall–Kier alpha value is -5.93. The summed E-state index contributed by atoms with van der Waals surface area (Å²) in [5.41, 5.74) is 9.89. The maximum Gasteiger partial charge on any atom is 0.333 e. The van der Waals surface area contributed by atoms with Gasteiger partial charge in [0.2, 0.25) is 0 Å². The normalized spacial score (nSPS) is 10.6. The van der Waals surface area contributed by atoms with Crippen LogP contribution in [0.5, 0.6) is 0 Å². The summed E-state index contributed by atoms with van der Waals surface area (Å²) in [5.74, 6) is 0. The predicted octanol–water partition coefficient (Wildman–Crippen LogP) is 17.4. The molecule has 406 valence electrons. The first kappa shape index (κ1) is 62.9. The topological polar surface area (TPSA) is 100 Å². The molecule has 0 aliphatic rings. The van der Waals surface area contributed by atoms with Gasteiger partial charge in [0.25, 0.3) is 0 Å². The Morgan fingerprint density at radius 1 is 0.192 bits per heavy atom. The van der Waals surface area contributed by atoms with Gasteiger partial charge in [0, 0.05) is 16.5 Å². The molecule has 0 aromatic heterocycles. The fourth-order valence-electron chi connectivity index (χ4n) is 6.65. The van der Waals surface area contributed by atoms with Gasteiger partial charge in [-0.05, 0) is 50.1 Å². The van der Waals surface area contributed by atoms with Crippen molar-refractivity contribution < 1.29 is 62.0 Å². The van der Waals surface area contributed by atoms with Crippen LogP contribution in [0.2, 0.25) is 0 Å². The van der Waals surface area contributed by atoms with Gasteiger partial charge in [-0.1, -0.05) is 273 Å². The van der Waals surface area contributed by atoms with Gasteiger partial charge < -0.3 is 45.5 Å². The van der Waals surface area contributed by atoms with Gasteiger partial charge in [-0.25, -0.2) is 0 Å². The van der Waals surface area contributed by atoms with Crippen LogP contribution in [0.3, 0.4) is 0 Å². The molecule has 0 atom stereocenters. The molecule has 0 aliphatic heterocycles. The van der Waals surface area contributed by atoms with Gasteiger partial charge in [-0.2, -0.15) is 0 Å². The Labute approximate surface area is 474 Å². The zero-order valence-corrected chi connectivity index (χ0v) is 47.0. The zero-order chi connectivity index (χ0) is 53.5. The molecule has 0 amide bonds. The fourth-order valence-corrected chi connectivity index (χ4v) is 9.61. The van der Waals surface area contributed by atoms with Gasteiger partial charge in [0.05, 0.1) is 59.5 Å². The molecule has 0 unspecified atom stereocenters. The van der Waals surface area contributed by atoms with Crippen LogP contribution in [0.4, 0.5) is 0 Å². The molecule has 0 saturated carbocycles. The zero-order valence-electron chi connectivity index (χ0n) is 43.3. The Kier molecular flexibility index (Phi) is 32.5. The van der Waals surface area contributed by atoms with E-state index in [2.05, 4.69) is 0 Å². The van der Waals surface area contributed by atoms with E-state index in [1.807, 2.05) is 280 Å². The summed E-state index contributed by atoms with van der Waals surface area (Å²) < 4.78 is 53.0. The van der Waals surface area contributed by atoms with Crippen LogP contribution in [0, 0.1) is 0 Å². The molecule has 0 saturated heterocycles. The number of rotatable bonds is 27. The molecule has 0 radical (unpaired) electrons. The first-order valence-corrected chi connectivity index (χ1v) is 28.2. The van der Waals surface area contributed by atoms with Crippen LogP contribution < -0.4 is 0 Å². The van der Waals surface area contributed by atoms with Gasteiger partial charge in [-0.15, -0.1) is 0 Å². The molecule has 0 fully saturated rings. The summed E-state index contributed by atoms with van der Waals surface area (Å²) in [4.78, 5) is 8.00. The standard InChI is InChI=1S/3C21H21O3P.CH2O.Ni/c3*1-4-10-19(11-5-1)16-22-25(23-17-20-12-6-2-7-13-20)24-18-21-14-8-3-9-15-21;1-2;/h3*1-15H,16-18H2;1H2;. The first-order valence-electron chi connectivity index (χ1n) is 24.9. The smallest absolute Gasteiger partial charge is 0.307 e. The summed E-state index contributed by atoms with van der Waals surface area (Å²) in [6.07, 6.45) is 0. The molecule has 0 aliphatic carbocycles. The summed E-state index contributed by atoms with van der Waals surface area (Å²) in [6, 6.07) is 90.4. The summed E-state index contributed by atoms with van der Waals surface area (Å²) in [6.45, 7) is 6.22. The SMILES string of the molecule is C=O.[Ni].c1ccc(COP(OCc2ccccc2)OCc2ccccc2)cc1.c1ccc(COP(OCc2ccccc2)OCc2ccccc2)cc1.c1ccc(COP(OCc2ccccc2)OCc2ccccc2)cc1. The maximum atomic E-state index is 8.00. The number of carbonyl (C=O) groups excluding carboxylic acids is 1. The summed E-state index contributed by atoms with van der Waals surface area (Å²) >= 11 is 0. The van der Waals surface area contributed by atoms with E-state index in [0.29, 0.717) is 59.5 Å². The third-order valence-corrected chi connectivity index (χ3v) is 13.7. The number of hydrogen-bond acceptors (Lipinski definition) is 10. The minimum Gasteiger partial charge on any atom is -0.307 e. The molecule has 9 rings (SSSR count). The summed E-state index contributed by atoms with van der Waals surface area (Å²) in [5, 5.41) is 0. The molecule has 0 heterocycles. The molecular formula is C64H65NiO10P3. The third kappa shape index (κ3) is 27.1. The molecule has 9 aromatic carbocycles. The molecule has 0 spiro atoms. The maximum absolute atomic E-state index is 8.00. The van der Waals surface area contributed by atoms with Crippen LogP contribution in [-0.4, -0.2) is 6.79 Å². The van der Waals surface area contributed by atoms with Crippen LogP contribution >= 0.6 is 25.8 Å². The van der Waals surface area contributed by atoms with Gasteiger partial charge in [0.15, 0.2) is 0 Å². The second-order valence-corrected chi connectivity index (χ2v) is 20.2. The van der Waals surface area contributed by atoms with E-state index in [-0.39, 0.29) is 16.5 Å². The molecule has 9 aromatic rings. The van der Waals surface area contributed by atoms with E-state index in [1.54, 1.807) is 0 Å². The Bertz CT molecular complexity index is 2190. The molecule has 0 N–H and O–H groups in total. The van der Waals surface area contributed by atoms with Gasteiger partial charge in [-0.3, -0.25) is 0 Å². The Morgan fingerprint density at radius 3 is 0.372 bits per heavy atom. The van der Waals surface area contributed by atoms with E-state index >= 15 is 0 Å². The average molecular weight is 1150 g/mol. The van der Waals surface area contributed by atoms with Crippen molar-refractivity contribution >= 4 is 32.6 Å². The van der Waals surface area contributed by atoms with Crippen molar-refractivity contribution in [2.45, 2.75) is 59.5 Å². The Morgan fingerprint density at radius 2 is 0.282 bits per heavy atom. The number of benzene rings is 9. The van der Waals surface area contributed by atoms with E-state index in [1.165, 1.54) is 0 Å². The van der Waals surface area contributed by atoms with E-state index in [0.717, 1.165) is 50.1 Å². The molecule has 0 bridgehead atoms. The molecule has 14 heteroatoms. The largest absolute Gasteiger partial charge is 0.333 e. The van der Waals surface area contributed by atoms with Crippen molar-refractivity contribution in [2.24, 2.45) is 0 Å². The first-order chi connectivity index (χ1) is 38.2. The summed E-state index contributed by atoms with van der Waals surface area (Å²) in [7, 11) is -4.30. The minimum absolute atomic E-state index is 0. The molecular weight excluding hydrogens is 1080 g/mol. The van der Waals surface area contributed by atoms with Crippen molar-refractivity contribution in [3.63, 3.8) is 0 Å². The van der Waals surface area contributed by atoms with Crippen LogP contribution in [0.1, 0.15) is 50.1 Å². The van der Waals surface area contributed by atoms with Crippen molar-refractivity contribution in [1.82, 2.24) is 0 Å². The quantitative estimate of drug-likeness (QED) is 0.0365. The van der Waals surface area contributed by atoms with Crippen LogP contribution in [0.15, 0.2) is 273 Å². The second-order valence-electron chi connectivity index (χ2n) is 16.5. The van der Waals surface area contributed by atoms with Gasteiger partial charge in [0.1, 0.15) is 6.79 Å². The monoisotopic (exact) mass is 1140 g/mol. The molecule has 78 heavy (non-hydrogen) atoms. The van der Waals surface area contributed by atoms with E-state index < -0.39 is 25.8 Å². The van der Waals surface area contributed by atoms with Crippen LogP contribution in [-0.2, 0) is 121 Å². The van der Waals surface area contributed by atoms with E-state index in [9.17, 15) is 0 Å². The van der Waals surface area contributed by atoms with Crippen molar-refractivity contribution in [3.05, 3.63) is 323 Å². The third-order valence-electron chi connectivity index (χ3n) is 10.6. The van der Waals surface area contributed by atoms with Crippen molar-refractivity contribution in [2.75, 3.05) is 0 Å². The van der Waals surface area contributed by atoms with Crippen molar-refractivity contribution in [1.29, 1.82) is 0 Å². The fraction of sp³-hybridized carbons (Fsp3) is 0.141. The Balaban J connectivity index is 0.000000211. The van der Waals surface area contributed by atoms with Gasteiger partial charge >= 0.3 is 25.8 Å².